The van der Waals surface area contributed by atoms with Crippen LogP contribution in [-0.2, 0) is 6.42 Å². The van der Waals surface area contributed by atoms with Gasteiger partial charge in [0.15, 0.2) is 0 Å². The van der Waals surface area contributed by atoms with Crippen LogP contribution in [0.1, 0.15) is 26.5 Å². The van der Waals surface area contributed by atoms with Gasteiger partial charge in [-0.1, -0.05) is 12.1 Å². The summed E-state index contributed by atoms with van der Waals surface area (Å²) in [5, 5.41) is 8.77. The molecular weight excluding hydrogens is 222 g/mol. The molecule has 0 amide bonds. The molecule has 0 spiro atoms. The number of aromatic nitrogens is 1. The first-order valence-electron chi connectivity index (χ1n) is 4.88. The molecule has 4 heteroatoms. The van der Waals surface area contributed by atoms with E-state index in [1.54, 1.807) is 23.5 Å². The third-order valence-corrected chi connectivity index (χ3v) is 3.35. The van der Waals surface area contributed by atoms with Crippen molar-refractivity contribution >= 4 is 17.3 Å². The average molecular weight is 233 g/mol. The smallest absolute Gasteiger partial charge is 0.335 e. The van der Waals surface area contributed by atoms with E-state index in [9.17, 15) is 4.79 Å². The summed E-state index contributed by atoms with van der Waals surface area (Å²) in [6, 6.07) is 6.97. The van der Waals surface area contributed by atoms with Crippen LogP contribution < -0.4 is 0 Å². The largest absolute Gasteiger partial charge is 0.478 e. The van der Waals surface area contributed by atoms with Gasteiger partial charge in [-0.25, -0.2) is 9.78 Å². The third-order valence-electron chi connectivity index (χ3n) is 2.41. The Balaban J connectivity index is 2.17. The molecule has 16 heavy (non-hydrogen) atoms. The predicted octanol–water partition coefficient (Wildman–Crippen LogP) is 2.74. The molecule has 1 aromatic carbocycles. The second-order valence-corrected chi connectivity index (χ2v) is 4.48. The molecule has 0 bridgehead atoms. The number of hydrogen-bond donors (Lipinski definition) is 1. The number of rotatable bonds is 3. The Morgan fingerprint density at radius 3 is 2.56 bits per heavy atom. The highest BCUT2D eigenvalue weighted by Gasteiger charge is 2.05. The van der Waals surface area contributed by atoms with E-state index < -0.39 is 5.97 Å². The standard InChI is InChI=1S/C12H11NO2S/c1-8-11(16-7-13-8)6-9-2-4-10(5-3-9)12(14)15/h2-5,7H,6H2,1H3,(H,14,15). The summed E-state index contributed by atoms with van der Waals surface area (Å²) >= 11 is 1.63. The minimum absolute atomic E-state index is 0.324. The van der Waals surface area contributed by atoms with Gasteiger partial charge in [-0.2, -0.15) is 0 Å². The molecule has 0 unspecified atom stereocenters. The van der Waals surface area contributed by atoms with Crippen molar-refractivity contribution in [1.29, 1.82) is 0 Å². The van der Waals surface area contributed by atoms with Gasteiger partial charge in [0.25, 0.3) is 0 Å². The van der Waals surface area contributed by atoms with E-state index in [4.69, 9.17) is 5.11 Å². The van der Waals surface area contributed by atoms with Crippen LogP contribution in [0.25, 0.3) is 0 Å². The predicted molar refractivity (Wildman–Crippen MR) is 63.1 cm³/mol. The number of hydrogen-bond acceptors (Lipinski definition) is 3. The van der Waals surface area contributed by atoms with Crippen LogP contribution >= 0.6 is 11.3 Å². The Morgan fingerprint density at radius 1 is 1.38 bits per heavy atom. The molecule has 0 aliphatic rings. The molecule has 0 aliphatic heterocycles. The van der Waals surface area contributed by atoms with Crippen molar-refractivity contribution in [2.75, 3.05) is 0 Å². The SMILES string of the molecule is Cc1ncsc1Cc1ccc(C(=O)O)cc1. The highest BCUT2D eigenvalue weighted by Crippen LogP contribution is 2.17. The van der Waals surface area contributed by atoms with Crippen LogP contribution in [0.2, 0.25) is 0 Å². The zero-order chi connectivity index (χ0) is 11.5. The van der Waals surface area contributed by atoms with Crippen molar-refractivity contribution in [2.24, 2.45) is 0 Å². The molecular formula is C12H11NO2S. The zero-order valence-corrected chi connectivity index (χ0v) is 9.62. The van der Waals surface area contributed by atoms with Gasteiger partial charge in [-0.05, 0) is 24.6 Å². The lowest BCUT2D eigenvalue weighted by Gasteiger charge is -2.00. The van der Waals surface area contributed by atoms with E-state index in [-0.39, 0.29) is 0 Å². The lowest BCUT2D eigenvalue weighted by atomic mass is 10.1. The fourth-order valence-corrected chi connectivity index (χ4v) is 2.26. The molecule has 0 radical (unpaired) electrons. The van der Waals surface area contributed by atoms with E-state index >= 15 is 0 Å². The van der Waals surface area contributed by atoms with Crippen LogP contribution in [0, 0.1) is 6.92 Å². The van der Waals surface area contributed by atoms with Crippen molar-refractivity contribution in [3.63, 3.8) is 0 Å². The van der Waals surface area contributed by atoms with Gasteiger partial charge in [0.05, 0.1) is 16.8 Å². The summed E-state index contributed by atoms with van der Waals surface area (Å²) in [4.78, 5) is 16.1. The maximum atomic E-state index is 10.7. The molecule has 1 aromatic heterocycles. The minimum Gasteiger partial charge on any atom is -0.478 e. The Morgan fingerprint density at radius 2 is 2.06 bits per heavy atom. The molecule has 2 rings (SSSR count). The monoisotopic (exact) mass is 233 g/mol. The van der Waals surface area contributed by atoms with Crippen molar-refractivity contribution in [3.05, 3.63) is 51.5 Å². The van der Waals surface area contributed by atoms with Crippen molar-refractivity contribution in [1.82, 2.24) is 4.98 Å². The second kappa shape index (κ2) is 4.45. The molecule has 1 heterocycles. The summed E-state index contributed by atoms with van der Waals surface area (Å²) in [6.07, 6.45) is 0.816. The van der Waals surface area contributed by atoms with Gasteiger partial charge in [0.2, 0.25) is 0 Å². The molecule has 0 saturated heterocycles. The van der Waals surface area contributed by atoms with Crippen molar-refractivity contribution in [3.8, 4) is 0 Å². The van der Waals surface area contributed by atoms with E-state index in [1.165, 1.54) is 4.88 Å². The first kappa shape index (κ1) is 10.8. The molecule has 0 aliphatic carbocycles. The summed E-state index contributed by atoms with van der Waals surface area (Å²) < 4.78 is 0. The quantitative estimate of drug-likeness (QED) is 0.886. The zero-order valence-electron chi connectivity index (χ0n) is 8.80. The van der Waals surface area contributed by atoms with Crippen LogP contribution in [0.3, 0.4) is 0 Å². The summed E-state index contributed by atoms with van der Waals surface area (Å²) in [6.45, 7) is 1.98. The van der Waals surface area contributed by atoms with Crippen LogP contribution in [0.5, 0.6) is 0 Å². The second-order valence-electron chi connectivity index (χ2n) is 3.54. The van der Waals surface area contributed by atoms with E-state index in [1.807, 2.05) is 24.6 Å². The number of benzene rings is 1. The van der Waals surface area contributed by atoms with Gasteiger partial charge in [-0.3, -0.25) is 0 Å². The van der Waals surface area contributed by atoms with E-state index in [0.717, 1.165) is 17.7 Å². The van der Waals surface area contributed by atoms with Gasteiger partial charge < -0.3 is 5.11 Å². The van der Waals surface area contributed by atoms with E-state index in [0.29, 0.717) is 5.56 Å². The van der Waals surface area contributed by atoms with Gasteiger partial charge in [0.1, 0.15) is 0 Å². The van der Waals surface area contributed by atoms with Crippen LogP contribution in [-0.4, -0.2) is 16.1 Å². The van der Waals surface area contributed by atoms with Gasteiger partial charge in [0, 0.05) is 11.3 Å². The topological polar surface area (TPSA) is 50.2 Å². The van der Waals surface area contributed by atoms with E-state index in [2.05, 4.69) is 4.98 Å². The minimum atomic E-state index is -0.888. The molecule has 1 N–H and O–H groups in total. The fourth-order valence-electron chi connectivity index (χ4n) is 1.45. The van der Waals surface area contributed by atoms with Gasteiger partial charge >= 0.3 is 5.97 Å². The maximum Gasteiger partial charge on any atom is 0.335 e. The molecule has 3 nitrogen and oxygen atoms in total. The Hall–Kier alpha value is -1.68. The van der Waals surface area contributed by atoms with Crippen LogP contribution in [0.4, 0.5) is 0 Å². The third kappa shape index (κ3) is 2.28. The summed E-state index contributed by atoms with van der Waals surface area (Å²) in [5.74, 6) is -0.888. The molecule has 0 saturated carbocycles. The molecule has 0 atom stereocenters. The number of carbonyl (C=O) groups is 1. The number of aryl methyl sites for hydroxylation is 1. The summed E-state index contributed by atoms with van der Waals surface area (Å²) in [5.41, 5.74) is 4.31. The Kier molecular flexibility index (Phi) is 3.01. The lowest BCUT2D eigenvalue weighted by Crippen LogP contribution is -1.96. The fraction of sp³-hybridized carbons (Fsp3) is 0.167. The first-order valence-corrected chi connectivity index (χ1v) is 5.76. The first-order chi connectivity index (χ1) is 7.66. The maximum absolute atomic E-state index is 10.7. The summed E-state index contributed by atoms with van der Waals surface area (Å²) in [7, 11) is 0. The van der Waals surface area contributed by atoms with Crippen LogP contribution in [0.15, 0.2) is 29.8 Å². The molecule has 82 valence electrons. The lowest BCUT2D eigenvalue weighted by molar-refractivity contribution is 0.0697. The number of carboxylic acid groups (broad SMARTS) is 1. The highest BCUT2D eigenvalue weighted by molar-refractivity contribution is 7.09. The average Bonchev–Trinajstić information content (AvgIpc) is 2.65. The number of nitrogens with zero attached hydrogens (tertiary/aromatic N) is 1. The normalized spacial score (nSPS) is 10.3. The van der Waals surface area contributed by atoms with Crippen molar-refractivity contribution in [2.45, 2.75) is 13.3 Å². The number of thiazole rings is 1. The Labute approximate surface area is 97.4 Å². The molecule has 0 fully saturated rings. The highest BCUT2D eigenvalue weighted by atomic mass is 32.1. The Bertz CT molecular complexity index is 502. The van der Waals surface area contributed by atoms with Crippen molar-refractivity contribution < 1.29 is 9.90 Å². The number of carboxylic acids is 1. The molecule has 2 aromatic rings. The van der Waals surface area contributed by atoms with Gasteiger partial charge in [-0.15, -0.1) is 11.3 Å². The number of aromatic carboxylic acids is 1.